The van der Waals surface area contributed by atoms with Gasteiger partial charge in [-0.1, -0.05) is 19.9 Å². The molecule has 1 heterocycles. The lowest BCUT2D eigenvalue weighted by molar-refractivity contribution is 0.0708. The van der Waals surface area contributed by atoms with Crippen molar-refractivity contribution in [3.63, 3.8) is 0 Å². The average molecular weight is 339 g/mol. The van der Waals surface area contributed by atoms with Crippen LogP contribution in [-0.4, -0.2) is 49.9 Å². The molecule has 1 aliphatic heterocycles. The summed E-state index contributed by atoms with van der Waals surface area (Å²) in [6.07, 6.45) is 0.519. The van der Waals surface area contributed by atoms with Crippen LogP contribution >= 0.6 is 0 Å². The summed E-state index contributed by atoms with van der Waals surface area (Å²) < 4.78 is 29.0. The first-order valence-corrected chi connectivity index (χ1v) is 9.88. The smallest absolute Gasteiger partial charge is 0.254 e. The highest BCUT2D eigenvalue weighted by atomic mass is 32.2. The summed E-state index contributed by atoms with van der Waals surface area (Å²) in [6, 6.07) is 6.88. The molecule has 128 valence electrons. The van der Waals surface area contributed by atoms with E-state index in [-0.39, 0.29) is 23.5 Å². The summed E-state index contributed by atoms with van der Waals surface area (Å²) in [5.74, 6) is 1.17. The molecule has 1 aromatic carbocycles. The van der Waals surface area contributed by atoms with Crippen LogP contribution in [0.2, 0.25) is 0 Å². The van der Waals surface area contributed by atoms with Crippen LogP contribution in [0, 0.1) is 5.92 Å². The molecule has 1 atom stereocenters. The number of carbonyl (C=O) groups excluding carboxylic acids is 1. The Labute approximate surface area is 138 Å². The van der Waals surface area contributed by atoms with E-state index in [9.17, 15) is 13.2 Å². The van der Waals surface area contributed by atoms with Crippen molar-refractivity contribution in [1.29, 1.82) is 0 Å². The number of ether oxygens (including phenoxy) is 1. The summed E-state index contributed by atoms with van der Waals surface area (Å²) >= 11 is 0. The minimum Gasteiger partial charge on any atom is -0.493 e. The van der Waals surface area contributed by atoms with Crippen LogP contribution in [0.4, 0.5) is 0 Å². The maximum absolute atomic E-state index is 12.7. The van der Waals surface area contributed by atoms with Crippen molar-refractivity contribution in [2.45, 2.75) is 33.2 Å². The van der Waals surface area contributed by atoms with E-state index < -0.39 is 9.84 Å². The number of hydrogen-bond donors (Lipinski definition) is 0. The van der Waals surface area contributed by atoms with Gasteiger partial charge in [0.25, 0.3) is 5.91 Å². The van der Waals surface area contributed by atoms with Crippen molar-refractivity contribution in [1.82, 2.24) is 4.90 Å². The van der Waals surface area contributed by atoms with Crippen LogP contribution in [0.15, 0.2) is 24.3 Å². The van der Waals surface area contributed by atoms with Crippen molar-refractivity contribution in [2.75, 3.05) is 24.7 Å². The molecule has 6 heteroatoms. The predicted octanol–water partition coefficient (Wildman–Crippen LogP) is 2.37. The molecule has 0 bridgehead atoms. The fourth-order valence-electron chi connectivity index (χ4n) is 2.74. The average Bonchev–Trinajstić information content (AvgIpc) is 2.86. The Bertz CT molecular complexity index is 654. The van der Waals surface area contributed by atoms with E-state index in [4.69, 9.17) is 4.74 Å². The van der Waals surface area contributed by atoms with Gasteiger partial charge < -0.3 is 9.64 Å². The Hall–Kier alpha value is -1.56. The number of hydrogen-bond acceptors (Lipinski definition) is 4. The molecular weight excluding hydrogens is 314 g/mol. The number of benzene rings is 1. The lowest BCUT2D eigenvalue weighted by Crippen LogP contribution is -2.40. The van der Waals surface area contributed by atoms with E-state index in [1.54, 1.807) is 23.1 Å². The lowest BCUT2D eigenvalue weighted by Gasteiger charge is -2.27. The number of amides is 1. The molecule has 1 fully saturated rings. The van der Waals surface area contributed by atoms with E-state index in [0.717, 1.165) is 0 Å². The van der Waals surface area contributed by atoms with Crippen molar-refractivity contribution in [3.05, 3.63) is 29.8 Å². The highest BCUT2D eigenvalue weighted by molar-refractivity contribution is 7.91. The normalized spacial score (nSPS) is 19.7. The Balaban J connectivity index is 2.13. The van der Waals surface area contributed by atoms with E-state index in [1.165, 1.54) is 0 Å². The molecule has 1 saturated heterocycles. The summed E-state index contributed by atoms with van der Waals surface area (Å²) in [5.41, 5.74) is 0.539. The van der Waals surface area contributed by atoms with Crippen molar-refractivity contribution in [3.8, 4) is 5.75 Å². The standard InChI is InChI=1S/C17H25NO4S/c1-4-18(15-8-9-23(20,21)12-15)17(19)14-6-5-7-16(10-14)22-11-13(2)3/h5-7,10,13,15H,4,8-9,11-12H2,1-3H3. The minimum atomic E-state index is -3.01. The highest BCUT2D eigenvalue weighted by Gasteiger charge is 2.34. The number of carbonyl (C=O) groups is 1. The highest BCUT2D eigenvalue weighted by Crippen LogP contribution is 2.21. The molecule has 2 rings (SSSR count). The Morgan fingerprint density at radius 3 is 2.70 bits per heavy atom. The largest absolute Gasteiger partial charge is 0.493 e. The lowest BCUT2D eigenvalue weighted by atomic mass is 10.1. The van der Waals surface area contributed by atoms with Gasteiger partial charge in [-0.05, 0) is 37.5 Å². The maximum Gasteiger partial charge on any atom is 0.254 e. The van der Waals surface area contributed by atoms with Gasteiger partial charge in [-0.2, -0.15) is 0 Å². The van der Waals surface area contributed by atoms with E-state index in [0.29, 0.717) is 36.8 Å². The van der Waals surface area contributed by atoms with Crippen molar-refractivity contribution >= 4 is 15.7 Å². The zero-order chi connectivity index (χ0) is 17.0. The Kier molecular flexibility index (Phi) is 5.68. The summed E-state index contributed by atoms with van der Waals surface area (Å²) in [7, 11) is -3.01. The van der Waals surface area contributed by atoms with Gasteiger partial charge >= 0.3 is 0 Å². The third-order valence-corrected chi connectivity index (χ3v) is 5.67. The summed E-state index contributed by atoms with van der Waals surface area (Å²) in [5, 5.41) is 0. The fraction of sp³-hybridized carbons (Fsp3) is 0.588. The third-order valence-electron chi connectivity index (χ3n) is 3.92. The van der Waals surface area contributed by atoms with Gasteiger partial charge in [-0.3, -0.25) is 4.79 Å². The van der Waals surface area contributed by atoms with Crippen LogP contribution in [0.3, 0.4) is 0 Å². The van der Waals surface area contributed by atoms with Gasteiger partial charge in [0.2, 0.25) is 0 Å². The van der Waals surface area contributed by atoms with Crippen molar-refractivity contribution < 1.29 is 17.9 Å². The molecule has 1 amide bonds. The first-order chi connectivity index (χ1) is 10.8. The first-order valence-electron chi connectivity index (χ1n) is 8.06. The van der Waals surface area contributed by atoms with E-state index >= 15 is 0 Å². The summed E-state index contributed by atoms with van der Waals surface area (Å²) in [6.45, 7) is 7.09. The monoisotopic (exact) mass is 339 g/mol. The molecule has 0 aliphatic carbocycles. The SMILES string of the molecule is CCN(C(=O)c1cccc(OCC(C)C)c1)C1CCS(=O)(=O)C1. The second-order valence-corrected chi connectivity index (χ2v) is 8.61. The molecule has 0 saturated carbocycles. The topological polar surface area (TPSA) is 63.7 Å². The second kappa shape index (κ2) is 7.34. The Morgan fingerprint density at radius 2 is 2.13 bits per heavy atom. The predicted molar refractivity (Wildman–Crippen MR) is 90.5 cm³/mol. The van der Waals surface area contributed by atoms with Crippen LogP contribution in [0.1, 0.15) is 37.6 Å². The number of nitrogens with zero attached hydrogens (tertiary/aromatic N) is 1. The number of rotatable bonds is 6. The van der Waals surface area contributed by atoms with Crippen LogP contribution in [-0.2, 0) is 9.84 Å². The summed E-state index contributed by atoms with van der Waals surface area (Å²) in [4.78, 5) is 14.4. The second-order valence-electron chi connectivity index (χ2n) is 6.38. The molecule has 1 unspecified atom stereocenters. The van der Waals surface area contributed by atoms with Crippen molar-refractivity contribution in [2.24, 2.45) is 5.92 Å². The van der Waals surface area contributed by atoms with Crippen LogP contribution < -0.4 is 4.74 Å². The van der Waals surface area contributed by atoms with Gasteiger partial charge in [0, 0.05) is 18.2 Å². The third kappa shape index (κ3) is 4.70. The zero-order valence-corrected chi connectivity index (χ0v) is 14.8. The quantitative estimate of drug-likeness (QED) is 0.798. The van der Waals surface area contributed by atoms with Crippen LogP contribution in [0.5, 0.6) is 5.75 Å². The van der Waals surface area contributed by atoms with Gasteiger partial charge in [-0.25, -0.2) is 8.42 Å². The molecule has 0 radical (unpaired) electrons. The molecule has 5 nitrogen and oxygen atoms in total. The number of sulfone groups is 1. The van der Waals surface area contributed by atoms with E-state index in [2.05, 4.69) is 13.8 Å². The maximum atomic E-state index is 12.7. The van der Waals surface area contributed by atoms with Gasteiger partial charge in [0.05, 0.1) is 18.1 Å². The molecule has 23 heavy (non-hydrogen) atoms. The van der Waals surface area contributed by atoms with Gasteiger partial charge in [0.1, 0.15) is 5.75 Å². The molecule has 1 aromatic rings. The van der Waals surface area contributed by atoms with Gasteiger partial charge in [0.15, 0.2) is 9.84 Å². The van der Waals surface area contributed by atoms with Gasteiger partial charge in [-0.15, -0.1) is 0 Å². The minimum absolute atomic E-state index is 0.0656. The van der Waals surface area contributed by atoms with E-state index in [1.807, 2.05) is 13.0 Å². The first kappa shape index (κ1) is 17.8. The molecule has 1 aliphatic rings. The molecule has 0 aromatic heterocycles. The Morgan fingerprint density at radius 1 is 1.39 bits per heavy atom. The molecule has 0 spiro atoms. The van der Waals surface area contributed by atoms with Crippen LogP contribution in [0.25, 0.3) is 0 Å². The fourth-order valence-corrected chi connectivity index (χ4v) is 4.47. The molecule has 0 N–H and O–H groups in total. The zero-order valence-electron chi connectivity index (χ0n) is 14.0. The molecular formula is C17H25NO4S.